The second-order valence-corrected chi connectivity index (χ2v) is 20.8. The van der Waals surface area contributed by atoms with E-state index in [1.54, 1.807) is 0 Å². The van der Waals surface area contributed by atoms with Crippen molar-refractivity contribution < 1.29 is 0 Å². The second-order valence-electron chi connectivity index (χ2n) is 20.8. The Morgan fingerprint density at radius 1 is 0.414 bits per heavy atom. The number of benzene rings is 5. The normalized spacial score (nSPS) is 13.8. The molecule has 5 aromatic carbocycles. The summed E-state index contributed by atoms with van der Waals surface area (Å²) in [4.78, 5) is 10.8. The third kappa shape index (κ3) is 4.17. The van der Waals surface area contributed by atoms with Crippen LogP contribution >= 0.6 is 0 Å². The van der Waals surface area contributed by atoms with Gasteiger partial charge in [0.05, 0.1) is 55.3 Å². The Morgan fingerprint density at radius 3 is 1.05 bits per heavy atom. The van der Waals surface area contributed by atoms with E-state index in [0.29, 0.717) is 22.2 Å². The first kappa shape index (κ1) is 34.8. The monoisotopic (exact) mass is 758 g/mol. The van der Waals surface area contributed by atoms with Crippen molar-refractivity contribution in [2.24, 2.45) is 0 Å². The van der Waals surface area contributed by atoms with Crippen molar-refractivity contribution in [3.63, 3.8) is 0 Å². The molecule has 0 saturated heterocycles. The minimum atomic E-state index is -0.187. The van der Waals surface area contributed by atoms with Crippen LogP contribution in [0.25, 0.3) is 88.3 Å². The van der Waals surface area contributed by atoms with E-state index >= 15 is 0 Å². The van der Waals surface area contributed by atoms with Crippen molar-refractivity contribution in [3.05, 3.63) is 94.0 Å². The van der Waals surface area contributed by atoms with E-state index in [2.05, 4.69) is 161 Å². The van der Waals surface area contributed by atoms with Gasteiger partial charge in [0.1, 0.15) is 23.2 Å². The molecular weight excluding hydrogens is 713 g/mol. The SMILES string of the molecule is CC(C)(C)c1ccc2c(c1)c1c3c4c(c5cc(C(C)(C)C)ccc5n4c4nc5c(C#N)cc(C(C)(C)C)cc5n34)c3c1n2c1nc2c(C#N)cc(C(C)(C)C)cc2n31. The average Bonchev–Trinajstić information content (AvgIpc) is 3.96. The van der Waals surface area contributed by atoms with Gasteiger partial charge in [-0.05, 0) is 92.4 Å². The molecule has 11 aromatic rings. The molecule has 0 aliphatic rings. The molecule has 8 nitrogen and oxygen atoms in total. The molecule has 0 aliphatic carbocycles. The van der Waals surface area contributed by atoms with Gasteiger partial charge in [-0.25, -0.2) is 9.97 Å². The van der Waals surface area contributed by atoms with Gasteiger partial charge in [-0.3, -0.25) is 17.6 Å². The van der Waals surface area contributed by atoms with Crippen molar-refractivity contribution in [1.82, 2.24) is 27.6 Å². The lowest BCUT2D eigenvalue weighted by atomic mass is 9.85. The highest BCUT2D eigenvalue weighted by molar-refractivity contribution is 6.37. The number of nitriles is 2. The Balaban J connectivity index is 1.52. The van der Waals surface area contributed by atoms with E-state index in [1.807, 2.05) is 12.1 Å². The van der Waals surface area contributed by atoms with Crippen LogP contribution in [-0.4, -0.2) is 27.6 Å². The van der Waals surface area contributed by atoms with Crippen LogP contribution in [0.1, 0.15) is 116 Å². The number of nitrogens with zero attached hydrogens (tertiary/aromatic N) is 8. The molecule has 0 atom stereocenters. The summed E-state index contributed by atoms with van der Waals surface area (Å²) in [6.45, 7) is 26.8. The molecule has 8 heteroatoms. The van der Waals surface area contributed by atoms with E-state index in [4.69, 9.17) is 9.97 Å². The molecule has 0 N–H and O–H groups in total. The summed E-state index contributed by atoms with van der Waals surface area (Å²) in [6.07, 6.45) is 0. The second kappa shape index (κ2) is 10.4. The van der Waals surface area contributed by atoms with Crippen molar-refractivity contribution >= 4 is 88.3 Å². The van der Waals surface area contributed by atoms with Gasteiger partial charge >= 0.3 is 0 Å². The highest BCUT2D eigenvalue weighted by Crippen LogP contribution is 2.50. The molecule has 58 heavy (non-hydrogen) atoms. The molecule has 11 rings (SSSR count). The van der Waals surface area contributed by atoms with Crippen LogP contribution in [0.2, 0.25) is 0 Å². The molecule has 0 spiro atoms. The first-order valence-corrected chi connectivity index (χ1v) is 20.3. The lowest BCUT2D eigenvalue weighted by Crippen LogP contribution is -2.11. The maximum Gasteiger partial charge on any atom is 0.220 e. The van der Waals surface area contributed by atoms with E-state index in [-0.39, 0.29) is 21.7 Å². The minimum Gasteiger partial charge on any atom is -0.277 e. The fraction of sp³-hybridized carbons (Fsp3) is 0.320. The van der Waals surface area contributed by atoms with Crippen LogP contribution in [0.15, 0.2) is 60.7 Å². The smallest absolute Gasteiger partial charge is 0.220 e. The minimum absolute atomic E-state index is 0.0906. The van der Waals surface area contributed by atoms with E-state index in [9.17, 15) is 10.5 Å². The highest BCUT2D eigenvalue weighted by Gasteiger charge is 2.34. The molecule has 0 bridgehead atoms. The topological polar surface area (TPSA) is 91.0 Å². The third-order valence-electron chi connectivity index (χ3n) is 12.9. The lowest BCUT2D eigenvalue weighted by Gasteiger charge is -2.19. The van der Waals surface area contributed by atoms with Crippen molar-refractivity contribution in [2.45, 2.75) is 105 Å². The molecule has 6 aromatic heterocycles. The average molecular weight is 759 g/mol. The Labute approximate surface area is 336 Å². The van der Waals surface area contributed by atoms with Crippen LogP contribution < -0.4 is 0 Å². The van der Waals surface area contributed by atoms with Gasteiger partial charge in [-0.15, -0.1) is 0 Å². The summed E-state index contributed by atoms with van der Waals surface area (Å²) in [6, 6.07) is 27.3. The van der Waals surface area contributed by atoms with Gasteiger partial charge in [0.25, 0.3) is 0 Å². The fourth-order valence-corrected chi connectivity index (χ4v) is 9.64. The number of hydrogen-bond acceptors (Lipinski definition) is 4. The van der Waals surface area contributed by atoms with Gasteiger partial charge in [0.15, 0.2) is 0 Å². The Hall–Kier alpha value is -6.38. The molecule has 6 heterocycles. The molecule has 0 radical (unpaired) electrons. The maximum atomic E-state index is 10.6. The van der Waals surface area contributed by atoms with Gasteiger partial charge < -0.3 is 0 Å². The highest BCUT2D eigenvalue weighted by atomic mass is 15.2. The Morgan fingerprint density at radius 2 is 0.741 bits per heavy atom. The van der Waals surface area contributed by atoms with Gasteiger partial charge in [-0.1, -0.05) is 95.2 Å². The van der Waals surface area contributed by atoms with Crippen LogP contribution in [0.4, 0.5) is 0 Å². The number of imidazole rings is 4. The summed E-state index contributed by atoms with van der Waals surface area (Å²) in [5.41, 5.74) is 15.0. The van der Waals surface area contributed by atoms with Crippen LogP contribution in [0.5, 0.6) is 0 Å². The first-order chi connectivity index (χ1) is 27.2. The molecule has 0 aliphatic heterocycles. The summed E-state index contributed by atoms with van der Waals surface area (Å²) < 4.78 is 9.36. The number of rotatable bonds is 0. The predicted octanol–water partition coefficient (Wildman–Crippen LogP) is 12.2. The van der Waals surface area contributed by atoms with Crippen molar-refractivity contribution in [2.75, 3.05) is 0 Å². The summed E-state index contributed by atoms with van der Waals surface area (Å²) in [5, 5.41) is 25.8. The zero-order valence-electron chi connectivity index (χ0n) is 35.4. The Kier molecular flexibility index (Phi) is 6.23. The summed E-state index contributed by atoms with van der Waals surface area (Å²) in [5.74, 6) is 1.58. The van der Waals surface area contributed by atoms with Crippen LogP contribution in [0, 0.1) is 22.7 Å². The van der Waals surface area contributed by atoms with Gasteiger partial charge in [0.2, 0.25) is 11.6 Å². The zero-order valence-corrected chi connectivity index (χ0v) is 35.4. The van der Waals surface area contributed by atoms with Gasteiger partial charge in [0, 0.05) is 21.5 Å². The van der Waals surface area contributed by atoms with E-state index in [0.717, 1.165) is 88.4 Å². The largest absolute Gasteiger partial charge is 0.277 e. The molecule has 0 fully saturated rings. The van der Waals surface area contributed by atoms with E-state index in [1.165, 1.54) is 11.1 Å². The predicted molar refractivity (Wildman–Crippen MR) is 237 cm³/mol. The van der Waals surface area contributed by atoms with Crippen molar-refractivity contribution in [1.29, 1.82) is 10.5 Å². The van der Waals surface area contributed by atoms with Crippen LogP contribution in [-0.2, 0) is 21.7 Å². The van der Waals surface area contributed by atoms with Crippen LogP contribution in [0.3, 0.4) is 0 Å². The number of aromatic nitrogens is 6. The van der Waals surface area contributed by atoms with E-state index < -0.39 is 0 Å². The standard InChI is InChI=1S/C50H46N8/c1-47(2,3)27-13-15-33-31(19-27)37-41-44(58-36-22-30(50(10,11)12)18-26(24-52)40(36)53-45(58)55(33)41)38-32-20-28(48(4,5)6)14-16-34(32)56-42(38)43(37)57-35-21-29(49(7,8)9)17-25(23-51)39(35)54-46(56)57/h13-22H,1-12H3. The van der Waals surface area contributed by atoms with Gasteiger partial charge in [-0.2, -0.15) is 10.5 Å². The fourth-order valence-electron chi connectivity index (χ4n) is 9.64. The summed E-state index contributed by atoms with van der Waals surface area (Å²) >= 11 is 0. The third-order valence-corrected chi connectivity index (χ3v) is 12.9. The maximum absolute atomic E-state index is 10.6. The number of hydrogen-bond donors (Lipinski definition) is 0. The quantitative estimate of drug-likeness (QED) is 0.154. The number of fused-ring (bicyclic) bond motifs is 18. The molecule has 0 saturated carbocycles. The first-order valence-electron chi connectivity index (χ1n) is 20.3. The molecule has 286 valence electrons. The zero-order chi connectivity index (χ0) is 40.9. The Bertz CT molecular complexity index is 3470. The summed E-state index contributed by atoms with van der Waals surface area (Å²) in [7, 11) is 0. The molecular formula is C50H46N8. The van der Waals surface area contributed by atoms with Crippen molar-refractivity contribution in [3.8, 4) is 12.1 Å². The molecule has 0 unspecified atom stereocenters. The lowest BCUT2D eigenvalue weighted by molar-refractivity contribution is 0.590. The molecule has 0 amide bonds.